The molecule has 0 atom stereocenters. The quantitative estimate of drug-likeness (QED) is 0.905. The molecule has 3 nitrogen and oxygen atoms in total. The Balaban J connectivity index is 2.08. The summed E-state index contributed by atoms with van der Waals surface area (Å²) in [5, 5.41) is 4.06. The van der Waals surface area contributed by atoms with Gasteiger partial charge < -0.3 is 5.32 Å². The third-order valence-corrected chi connectivity index (χ3v) is 4.08. The molecular formula is C18H24N2O. The molecule has 21 heavy (non-hydrogen) atoms. The molecule has 0 bridgehead atoms. The van der Waals surface area contributed by atoms with Crippen molar-refractivity contribution in [3.63, 3.8) is 0 Å². The highest BCUT2D eigenvalue weighted by Crippen LogP contribution is 2.20. The Bertz CT molecular complexity index is 611. The van der Waals surface area contributed by atoms with Crippen LogP contribution >= 0.6 is 0 Å². The standard InChI is InChI=1S/C18H24N2O/c1-12(2)16(13(3)4)11-20-18(21)15-7-8-17-14(10-15)6-5-9-19-17/h5-10,12-13,16H,11H2,1-4H3,(H,20,21). The first kappa shape index (κ1) is 15.5. The average molecular weight is 284 g/mol. The van der Waals surface area contributed by atoms with Crippen LogP contribution in [-0.4, -0.2) is 17.4 Å². The number of aromatic nitrogens is 1. The fourth-order valence-corrected chi connectivity index (χ4v) is 2.77. The number of hydrogen-bond donors (Lipinski definition) is 1. The highest BCUT2D eigenvalue weighted by molar-refractivity contribution is 5.97. The first-order valence-electron chi connectivity index (χ1n) is 7.62. The monoisotopic (exact) mass is 284 g/mol. The molecule has 3 heteroatoms. The maximum Gasteiger partial charge on any atom is 0.251 e. The van der Waals surface area contributed by atoms with Gasteiger partial charge >= 0.3 is 0 Å². The van der Waals surface area contributed by atoms with E-state index in [2.05, 4.69) is 38.0 Å². The largest absolute Gasteiger partial charge is 0.352 e. The first-order chi connectivity index (χ1) is 9.99. The van der Waals surface area contributed by atoms with Crippen LogP contribution in [-0.2, 0) is 0 Å². The van der Waals surface area contributed by atoms with Crippen molar-refractivity contribution in [2.24, 2.45) is 17.8 Å². The van der Waals surface area contributed by atoms with Crippen molar-refractivity contribution in [1.82, 2.24) is 10.3 Å². The van der Waals surface area contributed by atoms with Crippen molar-refractivity contribution < 1.29 is 4.79 Å². The highest BCUT2D eigenvalue weighted by atomic mass is 16.1. The van der Waals surface area contributed by atoms with Gasteiger partial charge in [-0.1, -0.05) is 33.8 Å². The number of nitrogens with zero attached hydrogens (tertiary/aromatic N) is 1. The lowest BCUT2D eigenvalue weighted by molar-refractivity contribution is 0.0937. The molecule has 1 aromatic heterocycles. The summed E-state index contributed by atoms with van der Waals surface area (Å²) in [5.41, 5.74) is 1.61. The number of fused-ring (bicyclic) bond motifs is 1. The van der Waals surface area contributed by atoms with Crippen molar-refractivity contribution in [2.75, 3.05) is 6.54 Å². The van der Waals surface area contributed by atoms with E-state index in [1.54, 1.807) is 6.20 Å². The third kappa shape index (κ3) is 3.81. The van der Waals surface area contributed by atoms with Crippen LogP contribution < -0.4 is 5.32 Å². The van der Waals surface area contributed by atoms with Crippen molar-refractivity contribution >= 4 is 16.8 Å². The van der Waals surface area contributed by atoms with E-state index in [0.29, 0.717) is 23.3 Å². The molecule has 2 aromatic rings. The number of amides is 1. The second kappa shape index (κ2) is 6.70. The molecule has 0 fully saturated rings. The van der Waals surface area contributed by atoms with Gasteiger partial charge in [0.15, 0.2) is 0 Å². The van der Waals surface area contributed by atoms with E-state index >= 15 is 0 Å². The Morgan fingerprint density at radius 1 is 1.14 bits per heavy atom. The third-order valence-electron chi connectivity index (χ3n) is 4.08. The topological polar surface area (TPSA) is 42.0 Å². The van der Waals surface area contributed by atoms with Crippen LogP contribution in [0.4, 0.5) is 0 Å². The Morgan fingerprint density at radius 2 is 1.86 bits per heavy atom. The molecule has 0 spiro atoms. The van der Waals surface area contributed by atoms with Gasteiger partial charge in [-0.15, -0.1) is 0 Å². The van der Waals surface area contributed by atoms with Crippen molar-refractivity contribution in [3.05, 3.63) is 42.1 Å². The zero-order valence-corrected chi connectivity index (χ0v) is 13.3. The van der Waals surface area contributed by atoms with Gasteiger partial charge in [-0.2, -0.15) is 0 Å². The smallest absolute Gasteiger partial charge is 0.251 e. The minimum absolute atomic E-state index is 0.00736. The predicted molar refractivity (Wildman–Crippen MR) is 87.2 cm³/mol. The van der Waals surface area contributed by atoms with E-state index in [1.165, 1.54) is 0 Å². The highest BCUT2D eigenvalue weighted by Gasteiger charge is 2.18. The molecular weight excluding hydrogens is 260 g/mol. The number of pyridine rings is 1. The summed E-state index contributed by atoms with van der Waals surface area (Å²) in [6.45, 7) is 9.55. The van der Waals surface area contributed by atoms with Crippen molar-refractivity contribution in [1.29, 1.82) is 0 Å². The van der Waals surface area contributed by atoms with Gasteiger partial charge in [-0.3, -0.25) is 9.78 Å². The minimum Gasteiger partial charge on any atom is -0.352 e. The lowest BCUT2D eigenvalue weighted by Gasteiger charge is -2.25. The van der Waals surface area contributed by atoms with E-state index in [0.717, 1.165) is 17.4 Å². The Hall–Kier alpha value is -1.90. The zero-order valence-electron chi connectivity index (χ0n) is 13.3. The number of benzene rings is 1. The zero-order chi connectivity index (χ0) is 15.4. The van der Waals surface area contributed by atoms with Crippen molar-refractivity contribution in [3.8, 4) is 0 Å². The molecule has 0 aliphatic heterocycles. The molecule has 0 aliphatic carbocycles. The first-order valence-corrected chi connectivity index (χ1v) is 7.62. The fraction of sp³-hybridized carbons (Fsp3) is 0.444. The van der Waals surface area contributed by atoms with E-state index in [1.807, 2.05) is 30.3 Å². The summed E-state index contributed by atoms with van der Waals surface area (Å²) >= 11 is 0. The average Bonchev–Trinajstić information content (AvgIpc) is 2.46. The molecule has 0 aliphatic rings. The van der Waals surface area contributed by atoms with Crippen LogP contribution in [0.5, 0.6) is 0 Å². The van der Waals surface area contributed by atoms with Crippen molar-refractivity contribution in [2.45, 2.75) is 27.7 Å². The molecule has 112 valence electrons. The molecule has 1 amide bonds. The van der Waals surface area contributed by atoms with Gasteiger partial charge in [0.1, 0.15) is 0 Å². The van der Waals surface area contributed by atoms with Crippen LogP contribution in [0.1, 0.15) is 38.1 Å². The van der Waals surface area contributed by atoms with Crippen LogP contribution in [0, 0.1) is 17.8 Å². The SMILES string of the molecule is CC(C)C(CNC(=O)c1ccc2ncccc2c1)C(C)C. The normalized spacial score (nSPS) is 11.6. The molecule has 2 rings (SSSR count). The molecule has 0 saturated carbocycles. The van der Waals surface area contributed by atoms with E-state index < -0.39 is 0 Å². The maximum atomic E-state index is 12.3. The summed E-state index contributed by atoms with van der Waals surface area (Å²) in [4.78, 5) is 16.6. The van der Waals surface area contributed by atoms with Gasteiger partial charge in [0.05, 0.1) is 5.52 Å². The van der Waals surface area contributed by atoms with Crippen LogP contribution in [0.15, 0.2) is 36.5 Å². The lowest BCUT2D eigenvalue weighted by atomic mass is 9.85. The summed E-state index contributed by atoms with van der Waals surface area (Å²) in [6.07, 6.45) is 1.76. The lowest BCUT2D eigenvalue weighted by Crippen LogP contribution is -2.33. The summed E-state index contributed by atoms with van der Waals surface area (Å²) < 4.78 is 0. The number of carbonyl (C=O) groups excluding carboxylic acids is 1. The van der Waals surface area contributed by atoms with E-state index in [9.17, 15) is 4.79 Å². The summed E-state index contributed by atoms with van der Waals surface area (Å²) in [6, 6.07) is 9.50. The van der Waals surface area contributed by atoms with Gasteiger partial charge in [0.25, 0.3) is 5.91 Å². The second-order valence-corrected chi connectivity index (χ2v) is 6.27. The van der Waals surface area contributed by atoms with Gasteiger partial charge in [-0.25, -0.2) is 0 Å². The van der Waals surface area contributed by atoms with Crippen LogP contribution in [0.25, 0.3) is 10.9 Å². The van der Waals surface area contributed by atoms with Crippen LogP contribution in [0.3, 0.4) is 0 Å². The van der Waals surface area contributed by atoms with Gasteiger partial charge in [-0.05, 0) is 42.0 Å². The molecule has 0 unspecified atom stereocenters. The minimum atomic E-state index is -0.00736. The number of rotatable bonds is 5. The number of carbonyl (C=O) groups is 1. The number of hydrogen-bond acceptors (Lipinski definition) is 2. The maximum absolute atomic E-state index is 12.3. The second-order valence-electron chi connectivity index (χ2n) is 6.27. The van der Waals surface area contributed by atoms with Gasteiger partial charge in [0, 0.05) is 23.7 Å². The van der Waals surface area contributed by atoms with Gasteiger partial charge in [0.2, 0.25) is 0 Å². The molecule has 1 aromatic carbocycles. The molecule has 1 N–H and O–H groups in total. The van der Waals surface area contributed by atoms with E-state index in [4.69, 9.17) is 0 Å². The summed E-state index contributed by atoms with van der Waals surface area (Å²) in [5.74, 6) is 1.61. The van der Waals surface area contributed by atoms with E-state index in [-0.39, 0.29) is 5.91 Å². The Labute approximate surface area is 126 Å². The molecule has 0 radical (unpaired) electrons. The van der Waals surface area contributed by atoms with Crippen LogP contribution in [0.2, 0.25) is 0 Å². The molecule has 1 heterocycles. The fourth-order valence-electron chi connectivity index (χ4n) is 2.77. The predicted octanol–water partition coefficient (Wildman–Crippen LogP) is 3.89. The number of nitrogens with one attached hydrogen (secondary N) is 1. The Kier molecular flexibility index (Phi) is 4.94. The molecule has 0 saturated heterocycles. The summed E-state index contributed by atoms with van der Waals surface area (Å²) in [7, 11) is 0. The Morgan fingerprint density at radius 3 is 2.52 bits per heavy atom.